The quantitative estimate of drug-likeness (QED) is 0.168. The Kier molecular flexibility index (Phi) is 521. The summed E-state index contributed by atoms with van der Waals surface area (Å²) in [5.74, 6) is 0. The predicted octanol–water partition coefficient (Wildman–Crippen LogP) is -9.89. The Bertz CT molecular complexity index is 28.1. The molecule has 0 saturated heterocycles. The van der Waals surface area contributed by atoms with Crippen molar-refractivity contribution >= 4 is 176 Å². The van der Waals surface area contributed by atoms with Crippen LogP contribution in [0.2, 0.25) is 0 Å². The van der Waals surface area contributed by atoms with Crippen molar-refractivity contribution in [3.8, 4) is 0 Å². The molecule has 0 saturated carbocycles. The van der Waals surface area contributed by atoms with Crippen LogP contribution in [0.25, 0.3) is 0 Å². The van der Waals surface area contributed by atoms with E-state index in [0.29, 0.717) is 0 Å². The summed E-state index contributed by atoms with van der Waals surface area (Å²) in [7, 11) is 0. The van der Waals surface area contributed by atoms with Crippen molar-refractivity contribution in [1.82, 2.24) is 0 Å². The van der Waals surface area contributed by atoms with Crippen molar-refractivity contribution in [3.63, 3.8) is 0 Å². The molecule has 0 bridgehead atoms. The van der Waals surface area contributed by atoms with E-state index in [2.05, 4.69) is 8.91 Å². The van der Waals surface area contributed by atoms with Crippen molar-refractivity contribution in [1.29, 1.82) is 0 Å². The van der Waals surface area contributed by atoms with Crippen LogP contribution >= 0.6 is 0 Å². The van der Waals surface area contributed by atoms with E-state index >= 15 is 0 Å². The van der Waals surface area contributed by atoms with Gasteiger partial charge in [-0.3, -0.25) is 0 Å². The second-order valence-corrected chi connectivity index (χ2v) is 0. The zero-order chi connectivity index (χ0) is 8.00. The fourth-order valence-corrected chi connectivity index (χ4v) is 0. The maximum atomic E-state index is 4.55. The Balaban J connectivity index is -0.00000000208. The second-order valence-electron chi connectivity index (χ2n) is 0. The molecule has 0 N–H and O–H groups in total. The average molecular weight is 1160 g/mol. The summed E-state index contributed by atoms with van der Waals surface area (Å²) >= 11 is 9.70. The molecule has 0 fully saturated rings. The standard InChI is InChI=1S/2CH.2ClH.8Sb.Zr.2H/h4*1H;;;;;;;;;;;/q2*-1;;;;;;;;;;;+4;;/p-2. The molecular formula is C2H4Cl2Sb8Zr. The molecule has 0 aliphatic heterocycles. The fraction of sp³-hybridized carbons (Fsp3) is 0. The minimum Gasteiger partial charge on any atom is 4.00 e. The average Bonchev–Trinajstić information content (AvgIpc) is 2.03. The van der Waals surface area contributed by atoms with Gasteiger partial charge in [-0.2, -0.15) is 0 Å². The maximum absolute atomic E-state index is 4.55. The summed E-state index contributed by atoms with van der Waals surface area (Å²) in [6, 6.07) is 0. The fourth-order valence-electron chi connectivity index (χ4n) is 0. The molecule has 0 aliphatic rings. The van der Waals surface area contributed by atoms with Crippen molar-refractivity contribution in [2.24, 2.45) is 0 Å². The smallest absolute Gasteiger partial charge is 4.00 e. The van der Waals surface area contributed by atoms with Crippen LogP contribution in [0, 0.1) is 0 Å². The molecule has 0 spiro atoms. The van der Waals surface area contributed by atoms with Gasteiger partial charge in [0.05, 0.1) is 0 Å². The van der Waals surface area contributed by atoms with E-state index in [4.69, 9.17) is 0 Å². The Labute approximate surface area is 220 Å². The number of hydrogen-bond donors (Lipinski definition) is 0. The number of rotatable bonds is 0. The molecule has 0 aromatic carbocycles. The largest absolute Gasteiger partial charge is 4.00 e. The first-order valence-corrected chi connectivity index (χ1v) is 21.5. The van der Waals surface area contributed by atoms with Gasteiger partial charge in [-0.05, 0) is 0 Å². The van der Waals surface area contributed by atoms with Crippen molar-refractivity contribution in [2.45, 2.75) is 0 Å². The van der Waals surface area contributed by atoms with Gasteiger partial charge in [-0.25, -0.2) is 0 Å². The van der Waals surface area contributed by atoms with E-state index in [1.54, 1.807) is 73.0 Å². The van der Waals surface area contributed by atoms with Gasteiger partial charge in [0.1, 0.15) is 0 Å². The second kappa shape index (κ2) is 116. The first-order chi connectivity index (χ1) is 4.00. The van der Waals surface area contributed by atoms with Crippen LogP contribution in [0.5, 0.6) is 0 Å². The zero-order valence-corrected chi connectivity index (χ0v) is 31.1. The molecule has 0 aromatic rings. The Morgan fingerprint density at radius 3 is 0.538 bits per heavy atom. The molecule has 0 aromatic heterocycles. The van der Waals surface area contributed by atoms with Gasteiger partial charge in [0.2, 0.25) is 0 Å². The molecule has 11 heteroatoms. The summed E-state index contributed by atoms with van der Waals surface area (Å²) in [5.41, 5.74) is 0. The topological polar surface area (TPSA) is 0 Å². The SMILES string of the molecule is [CH-]=[Sb].[CH-]=[Sb].[Cl-].[Cl-].[SbH].[SbH].[Sb]=[Sb].[Sb]=[Sb].[Zr+4]. The van der Waals surface area contributed by atoms with Gasteiger partial charge < -0.3 is 24.8 Å². The van der Waals surface area contributed by atoms with E-state index in [9.17, 15) is 0 Å². The summed E-state index contributed by atoms with van der Waals surface area (Å²) in [5, 5.41) is 0. The van der Waals surface area contributed by atoms with Gasteiger partial charge in [-0.1, -0.05) is 0 Å². The molecule has 0 nitrogen and oxygen atoms in total. The van der Waals surface area contributed by atoms with E-state index in [-0.39, 0.29) is 99.9 Å². The van der Waals surface area contributed by atoms with E-state index < -0.39 is 0 Å². The molecule has 0 heterocycles. The van der Waals surface area contributed by atoms with Gasteiger partial charge >= 0.3 is 202 Å². The van der Waals surface area contributed by atoms with Gasteiger partial charge in [0, 0.05) is 0 Å². The minimum atomic E-state index is 0. The molecule has 0 unspecified atom stereocenters. The third-order valence-electron chi connectivity index (χ3n) is 0. The normalized spacial score (nSPS) is 1.23. The molecule has 0 rings (SSSR count). The molecule has 0 atom stereocenters. The van der Waals surface area contributed by atoms with Crippen LogP contribution in [0.1, 0.15) is 0 Å². The summed E-state index contributed by atoms with van der Waals surface area (Å²) in [6.45, 7) is 0. The number of hydrogen-bond acceptors (Lipinski definition) is 0. The monoisotopic (exact) mass is 1160 g/mol. The van der Waals surface area contributed by atoms with Gasteiger partial charge in [-0.15, -0.1) is 0 Å². The van der Waals surface area contributed by atoms with Crippen molar-refractivity contribution in [3.05, 3.63) is 0 Å². The van der Waals surface area contributed by atoms with Crippen LogP contribution in [0.3, 0.4) is 0 Å². The van der Waals surface area contributed by atoms with Crippen LogP contribution in [-0.2, 0) is 26.2 Å². The summed E-state index contributed by atoms with van der Waals surface area (Å²) in [6.07, 6.45) is 0. The summed E-state index contributed by atoms with van der Waals surface area (Å²) in [4.78, 5) is 0. The third-order valence-corrected chi connectivity index (χ3v) is 0. The van der Waals surface area contributed by atoms with E-state index in [1.807, 2.05) is 0 Å². The zero-order valence-electron chi connectivity index (χ0n) is 6.09. The Morgan fingerprint density at radius 1 is 0.538 bits per heavy atom. The van der Waals surface area contributed by atoms with Crippen LogP contribution < -0.4 is 24.8 Å². The third kappa shape index (κ3) is 104. The van der Waals surface area contributed by atoms with Gasteiger partial charge in [0.25, 0.3) is 0 Å². The van der Waals surface area contributed by atoms with Gasteiger partial charge in [0.15, 0.2) is 0 Å². The summed E-state index contributed by atoms with van der Waals surface area (Å²) < 4.78 is 9.10. The Hall–Kier alpha value is 7.75. The minimum absolute atomic E-state index is 0. The van der Waals surface area contributed by atoms with Crippen molar-refractivity contribution in [2.75, 3.05) is 0 Å². The molecule has 0 amide bonds. The van der Waals surface area contributed by atoms with Crippen LogP contribution in [-0.4, -0.2) is 176 Å². The maximum Gasteiger partial charge on any atom is 4.00 e. The first kappa shape index (κ1) is 58.6. The molecule has 0 aliphatic carbocycles. The first-order valence-electron chi connectivity index (χ1n) is 0.916. The molecule has 13 heavy (non-hydrogen) atoms. The van der Waals surface area contributed by atoms with E-state index in [1.165, 1.54) is 45.1 Å². The molecular weight excluding hydrogens is 1160 g/mol. The van der Waals surface area contributed by atoms with Crippen LogP contribution in [0.4, 0.5) is 0 Å². The predicted molar refractivity (Wildman–Crippen MR) is 60.9 cm³/mol. The van der Waals surface area contributed by atoms with E-state index in [0.717, 1.165) is 0 Å². The molecule has 10 radical (unpaired) electrons. The number of halogens is 2. The van der Waals surface area contributed by atoms with Crippen LogP contribution in [0.15, 0.2) is 0 Å². The molecule has 70 valence electrons. The van der Waals surface area contributed by atoms with Crippen molar-refractivity contribution < 1.29 is 51.0 Å². The Morgan fingerprint density at radius 2 is 0.538 bits per heavy atom.